The third kappa shape index (κ3) is 0.584. The van der Waals surface area contributed by atoms with Crippen molar-refractivity contribution in [1.29, 1.82) is 0 Å². The first-order chi connectivity index (χ1) is 6.38. The van der Waals surface area contributed by atoms with E-state index in [4.69, 9.17) is 0 Å². The predicted octanol–water partition coefficient (Wildman–Crippen LogP) is 1.88. The zero-order chi connectivity index (χ0) is 8.58. The van der Waals surface area contributed by atoms with E-state index in [1.807, 2.05) is 0 Å². The Balaban J connectivity index is 1.99. The minimum Gasteiger partial charge on any atom is -0.392 e. The van der Waals surface area contributed by atoms with Gasteiger partial charge in [-0.05, 0) is 35.3 Å². The molecule has 66 valence electrons. The standard InChI is InChI=1S/C12H12O/c13-12-8-5-9-10(11(9)12)7-4-2-1-3-6(7)8/h1-4,8-13H,5H2/t8-,9+,10-,11+,12-/m1/s1. The fraction of sp³-hybridized carbons (Fsp3) is 0.500. The second-order valence-electron chi connectivity index (χ2n) is 4.73. The van der Waals surface area contributed by atoms with Crippen molar-refractivity contribution in [2.24, 2.45) is 11.8 Å². The first-order valence-electron chi connectivity index (χ1n) is 5.15. The predicted molar refractivity (Wildman–Crippen MR) is 49.5 cm³/mol. The highest BCUT2D eigenvalue weighted by Crippen LogP contribution is 2.71. The normalized spacial score (nSPS) is 48.8. The van der Waals surface area contributed by atoms with Crippen molar-refractivity contribution in [1.82, 2.24) is 0 Å². The number of rotatable bonds is 0. The fourth-order valence-corrected chi connectivity index (χ4v) is 3.77. The second-order valence-corrected chi connectivity index (χ2v) is 4.73. The third-order valence-corrected chi connectivity index (χ3v) is 4.32. The first-order valence-corrected chi connectivity index (χ1v) is 5.15. The van der Waals surface area contributed by atoms with Crippen LogP contribution in [0.15, 0.2) is 24.3 Å². The minimum atomic E-state index is -0.0232. The van der Waals surface area contributed by atoms with Crippen LogP contribution >= 0.6 is 0 Å². The van der Waals surface area contributed by atoms with Gasteiger partial charge in [-0.15, -0.1) is 0 Å². The fourth-order valence-electron chi connectivity index (χ4n) is 3.77. The Hall–Kier alpha value is -0.820. The average molecular weight is 172 g/mol. The van der Waals surface area contributed by atoms with E-state index < -0.39 is 0 Å². The van der Waals surface area contributed by atoms with Crippen molar-refractivity contribution in [2.45, 2.75) is 24.4 Å². The largest absolute Gasteiger partial charge is 0.392 e. The van der Waals surface area contributed by atoms with Gasteiger partial charge in [0.2, 0.25) is 0 Å². The van der Waals surface area contributed by atoms with E-state index in [1.54, 1.807) is 5.56 Å². The van der Waals surface area contributed by atoms with E-state index >= 15 is 0 Å². The molecule has 2 saturated carbocycles. The number of hydrogen-bond acceptors (Lipinski definition) is 1. The Labute approximate surface area is 77.4 Å². The molecule has 4 aliphatic carbocycles. The molecule has 1 heteroatoms. The molecule has 0 saturated heterocycles. The van der Waals surface area contributed by atoms with Crippen LogP contribution in [0, 0.1) is 11.8 Å². The molecule has 4 bridgehead atoms. The van der Waals surface area contributed by atoms with Crippen LogP contribution in [-0.2, 0) is 0 Å². The lowest BCUT2D eigenvalue weighted by molar-refractivity contribution is 0.129. The molecule has 2 fully saturated rings. The number of aliphatic hydroxyl groups is 1. The Morgan fingerprint density at radius 1 is 1.15 bits per heavy atom. The third-order valence-electron chi connectivity index (χ3n) is 4.32. The van der Waals surface area contributed by atoms with Gasteiger partial charge in [-0.25, -0.2) is 0 Å². The SMILES string of the molecule is O[C@H]1[C@H]2[C@H]3C[C@@H]1c1ccccc1[C@H]32. The number of aliphatic hydroxyl groups excluding tert-OH is 1. The van der Waals surface area contributed by atoms with Crippen LogP contribution < -0.4 is 0 Å². The smallest absolute Gasteiger partial charge is 0.0645 e. The van der Waals surface area contributed by atoms with Gasteiger partial charge in [0.05, 0.1) is 6.10 Å². The van der Waals surface area contributed by atoms with Crippen molar-refractivity contribution < 1.29 is 5.11 Å². The molecule has 0 heterocycles. The summed E-state index contributed by atoms with van der Waals surface area (Å²) in [5.74, 6) is 2.64. The lowest BCUT2D eigenvalue weighted by Crippen LogP contribution is -2.24. The highest BCUT2D eigenvalue weighted by Gasteiger charge is 2.66. The molecule has 1 aromatic carbocycles. The van der Waals surface area contributed by atoms with Crippen LogP contribution in [0.25, 0.3) is 0 Å². The van der Waals surface area contributed by atoms with Crippen LogP contribution in [-0.4, -0.2) is 11.2 Å². The lowest BCUT2D eigenvalue weighted by Gasteiger charge is -2.29. The molecule has 4 aliphatic rings. The number of hydrogen-bond donors (Lipinski definition) is 1. The van der Waals surface area contributed by atoms with Crippen LogP contribution in [0.3, 0.4) is 0 Å². The highest BCUT2D eigenvalue weighted by atomic mass is 16.3. The molecule has 5 atom stereocenters. The van der Waals surface area contributed by atoms with E-state index in [2.05, 4.69) is 24.3 Å². The Morgan fingerprint density at radius 3 is 2.62 bits per heavy atom. The summed E-state index contributed by atoms with van der Waals surface area (Å²) in [6, 6.07) is 8.69. The quantitative estimate of drug-likeness (QED) is 0.633. The van der Waals surface area contributed by atoms with Crippen LogP contribution in [0.5, 0.6) is 0 Å². The Morgan fingerprint density at radius 2 is 1.92 bits per heavy atom. The molecule has 1 N–H and O–H groups in total. The van der Waals surface area contributed by atoms with Crippen molar-refractivity contribution in [3.63, 3.8) is 0 Å². The van der Waals surface area contributed by atoms with Gasteiger partial charge in [-0.3, -0.25) is 0 Å². The minimum absolute atomic E-state index is 0.0232. The highest BCUT2D eigenvalue weighted by molar-refractivity contribution is 5.47. The molecular weight excluding hydrogens is 160 g/mol. The molecule has 0 spiro atoms. The summed E-state index contributed by atoms with van der Waals surface area (Å²) >= 11 is 0. The average Bonchev–Trinajstić information content (AvgIpc) is 2.83. The molecule has 0 aromatic heterocycles. The van der Waals surface area contributed by atoms with E-state index in [0.29, 0.717) is 11.8 Å². The zero-order valence-electron chi connectivity index (χ0n) is 7.35. The maximum absolute atomic E-state index is 9.98. The summed E-state index contributed by atoms with van der Waals surface area (Å²) in [4.78, 5) is 0. The van der Waals surface area contributed by atoms with Crippen LogP contribution in [0.4, 0.5) is 0 Å². The summed E-state index contributed by atoms with van der Waals surface area (Å²) in [6.07, 6.45) is 1.22. The Kier molecular flexibility index (Phi) is 0.929. The molecule has 0 unspecified atom stereocenters. The molecular formula is C12H12O. The molecule has 1 nitrogen and oxygen atoms in total. The van der Waals surface area contributed by atoms with Gasteiger partial charge in [-0.1, -0.05) is 24.3 Å². The lowest BCUT2D eigenvalue weighted by atomic mass is 9.78. The summed E-state index contributed by atoms with van der Waals surface area (Å²) in [7, 11) is 0. The van der Waals surface area contributed by atoms with E-state index in [-0.39, 0.29) is 6.10 Å². The van der Waals surface area contributed by atoms with Crippen molar-refractivity contribution in [3.05, 3.63) is 35.4 Å². The molecule has 0 amide bonds. The Bertz CT molecular complexity index is 384. The van der Waals surface area contributed by atoms with Gasteiger partial charge in [0.25, 0.3) is 0 Å². The van der Waals surface area contributed by atoms with Crippen molar-refractivity contribution in [2.75, 3.05) is 0 Å². The van der Waals surface area contributed by atoms with Gasteiger partial charge in [-0.2, -0.15) is 0 Å². The van der Waals surface area contributed by atoms with E-state index in [0.717, 1.165) is 11.8 Å². The van der Waals surface area contributed by atoms with E-state index in [1.165, 1.54) is 12.0 Å². The molecule has 5 rings (SSSR count). The summed E-state index contributed by atoms with van der Waals surface area (Å²) in [6.45, 7) is 0. The van der Waals surface area contributed by atoms with E-state index in [9.17, 15) is 5.11 Å². The zero-order valence-corrected chi connectivity index (χ0v) is 7.35. The summed E-state index contributed by atoms with van der Waals surface area (Å²) in [5, 5.41) is 9.98. The van der Waals surface area contributed by atoms with Gasteiger partial charge in [0, 0.05) is 5.92 Å². The van der Waals surface area contributed by atoms with Gasteiger partial charge in [0.1, 0.15) is 0 Å². The molecule has 0 aliphatic heterocycles. The monoisotopic (exact) mass is 172 g/mol. The molecule has 13 heavy (non-hydrogen) atoms. The number of benzene rings is 1. The summed E-state index contributed by atoms with van der Waals surface area (Å²) in [5.41, 5.74) is 2.98. The topological polar surface area (TPSA) is 20.2 Å². The molecule has 0 radical (unpaired) electrons. The second kappa shape index (κ2) is 1.83. The first kappa shape index (κ1) is 6.61. The van der Waals surface area contributed by atoms with Crippen molar-refractivity contribution in [3.8, 4) is 0 Å². The maximum Gasteiger partial charge on any atom is 0.0645 e. The maximum atomic E-state index is 9.98. The molecule has 1 aromatic rings. The van der Waals surface area contributed by atoms with Crippen molar-refractivity contribution >= 4 is 0 Å². The van der Waals surface area contributed by atoms with Gasteiger partial charge in [0.15, 0.2) is 0 Å². The van der Waals surface area contributed by atoms with Gasteiger partial charge >= 0.3 is 0 Å². The van der Waals surface area contributed by atoms with Crippen LogP contribution in [0.2, 0.25) is 0 Å². The summed E-state index contributed by atoms with van der Waals surface area (Å²) < 4.78 is 0. The van der Waals surface area contributed by atoms with Crippen LogP contribution in [0.1, 0.15) is 29.4 Å². The van der Waals surface area contributed by atoms with Gasteiger partial charge < -0.3 is 5.11 Å².